The molecule has 114 valence electrons. The number of aromatic nitrogens is 4. The van der Waals surface area contributed by atoms with Gasteiger partial charge in [-0.15, -0.1) is 0 Å². The zero-order chi connectivity index (χ0) is 15.4. The summed E-state index contributed by atoms with van der Waals surface area (Å²) in [4.78, 5) is 12.1. The number of aliphatic hydroxyl groups excluding tert-OH is 2. The topological polar surface area (TPSA) is 140 Å². The Morgan fingerprint density at radius 2 is 2.24 bits per heavy atom. The van der Waals surface area contributed by atoms with Gasteiger partial charge in [-0.05, 0) is 22.9 Å². The minimum atomic E-state index is -1.64. The number of rotatable bonds is 2. The van der Waals surface area contributed by atoms with Gasteiger partial charge in [-0.3, -0.25) is 4.57 Å². The fourth-order valence-electron chi connectivity index (χ4n) is 2.47. The molecule has 4 unspecified atom stereocenters. The van der Waals surface area contributed by atoms with E-state index < -0.39 is 30.6 Å². The minimum Gasteiger partial charge on any atom is -0.394 e. The Hall–Kier alpha value is -1.33. The first kappa shape index (κ1) is 14.6. The van der Waals surface area contributed by atoms with Gasteiger partial charge in [0, 0.05) is 0 Å². The highest BCUT2D eigenvalue weighted by atomic mass is 79.9. The van der Waals surface area contributed by atoms with E-state index in [2.05, 4.69) is 30.9 Å². The molecule has 0 aliphatic carbocycles. The van der Waals surface area contributed by atoms with Crippen molar-refractivity contribution in [3.63, 3.8) is 0 Å². The van der Waals surface area contributed by atoms with Gasteiger partial charge in [0.05, 0.1) is 6.61 Å². The van der Waals surface area contributed by atoms with E-state index in [0.717, 1.165) is 0 Å². The predicted octanol–water partition coefficient (Wildman–Crippen LogP) is -0.827. The summed E-state index contributed by atoms with van der Waals surface area (Å²) in [6.45, 7) is 0.996. The maximum Gasteiger partial charge on any atom is 0.181 e. The monoisotopic (exact) mass is 359 g/mol. The van der Waals surface area contributed by atoms with Crippen molar-refractivity contribution >= 4 is 32.9 Å². The molecule has 2 aromatic heterocycles. The fourth-order valence-corrected chi connectivity index (χ4v) is 3.00. The number of ether oxygens (including phenoxy) is 1. The largest absolute Gasteiger partial charge is 0.394 e. The summed E-state index contributed by atoms with van der Waals surface area (Å²) in [5.41, 5.74) is 4.81. The van der Waals surface area contributed by atoms with Gasteiger partial charge < -0.3 is 25.8 Å². The third-order valence-electron chi connectivity index (χ3n) is 3.63. The van der Waals surface area contributed by atoms with Crippen molar-refractivity contribution in [1.29, 1.82) is 0 Å². The Bertz CT molecular complexity index is 691. The van der Waals surface area contributed by atoms with Gasteiger partial charge in [-0.2, -0.15) is 0 Å². The number of aliphatic hydroxyl groups is 3. The molecule has 21 heavy (non-hydrogen) atoms. The van der Waals surface area contributed by atoms with Crippen LogP contribution in [0.4, 0.5) is 5.82 Å². The molecule has 1 aliphatic rings. The second-order valence-electron chi connectivity index (χ2n) is 5.06. The number of hydrogen-bond acceptors (Lipinski definition) is 8. The third-order valence-corrected chi connectivity index (χ3v) is 4.19. The van der Waals surface area contributed by atoms with Crippen LogP contribution in [0.1, 0.15) is 13.2 Å². The molecule has 0 bridgehead atoms. The maximum absolute atomic E-state index is 10.5. The van der Waals surface area contributed by atoms with E-state index >= 15 is 0 Å². The summed E-state index contributed by atoms with van der Waals surface area (Å²) in [5.74, 6) is 0.191. The molecule has 0 saturated carbocycles. The van der Waals surface area contributed by atoms with Crippen LogP contribution in [0.2, 0.25) is 0 Å². The van der Waals surface area contributed by atoms with Gasteiger partial charge in [0.25, 0.3) is 0 Å². The van der Waals surface area contributed by atoms with Crippen LogP contribution >= 0.6 is 15.9 Å². The van der Waals surface area contributed by atoms with E-state index in [1.807, 2.05) is 0 Å². The first-order valence-electron chi connectivity index (χ1n) is 6.18. The van der Waals surface area contributed by atoms with Crippen molar-refractivity contribution in [3.8, 4) is 0 Å². The number of fused-ring (bicyclic) bond motifs is 1. The summed E-state index contributed by atoms with van der Waals surface area (Å²) < 4.78 is 7.34. The van der Waals surface area contributed by atoms with E-state index in [1.54, 1.807) is 0 Å². The molecule has 0 aromatic carbocycles. The zero-order valence-electron chi connectivity index (χ0n) is 11.0. The van der Waals surface area contributed by atoms with Crippen LogP contribution in [0.25, 0.3) is 11.2 Å². The average molecular weight is 360 g/mol. The summed E-state index contributed by atoms with van der Waals surface area (Å²) >= 11 is 3.26. The average Bonchev–Trinajstić information content (AvgIpc) is 2.87. The normalized spacial score (nSPS) is 32.9. The molecule has 0 spiro atoms. The fraction of sp³-hybridized carbons (Fsp3) is 0.545. The molecule has 9 nitrogen and oxygen atoms in total. The van der Waals surface area contributed by atoms with E-state index in [4.69, 9.17) is 10.5 Å². The Labute approximate surface area is 127 Å². The lowest BCUT2D eigenvalue weighted by molar-refractivity contribution is -0.0960. The highest BCUT2D eigenvalue weighted by Gasteiger charge is 2.53. The van der Waals surface area contributed by atoms with Gasteiger partial charge in [0.2, 0.25) is 0 Å². The molecular weight excluding hydrogens is 346 g/mol. The van der Waals surface area contributed by atoms with Crippen molar-refractivity contribution in [2.45, 2.75) is 31.0 Å². The lowest BCUT2D eigenvalue weighted by Gasteiger charge is -2.27. The smallest absolute Gasteiger partial charge is 0.181 e. The molecule has 0 radical (unpaired) electrons. The molecule has 1 aliphatic heterocycles. The second kappa shape index (κ2) is 4.85. The van der Waals surface area contributed by atoms with Crippen molar-refractivity contribution < 1.29 is 20.1 Å². The number of nitrogens with zero attached hydrogens (tertiary/aromatic N) is 4. The van der Waals surface area contributed by atoms with Crippen LogP contribution in [0.5, 0.6) is 0 Å². The van der Waals surface area contributed by atoms with E-state index in [0.29, 0.717) is 15.9 Å². The van der Waals surface area contributed by atoms with Crippen LogP contribution in [-0.2, 0) is 4.74 Å². The molecule has 1 saturated heterocycles. The number of halogens is 1. The highest BCUT2D eigenvalue weighted by Crippen LogP contribution is 2.41. The molecule has 10 heteroatoms. The second-order valence-corrected chi connectivity index (χ2v) is 5.77. The minimum absolute atomic E-state index is 0.191. The van der Waals surface area contributed by atoms with Crippen molar-refractivity contribution in [1.82, 2.24) is 19.5 Å². The van der Waals surface area contributed by atoms with Gasteiger partial charge in [-0.25, -0.2) is 15.0 Å². The molecular formula is C11H14BrN5O4. The number of nitrogens with two attached hydrogens (primary N) is 1. The first-order valence-corrected chi connectivity index (χ1v) is 6.98. The van der Waals surface area contributed by atoms with Crippen LogP contribution in [0, 0.1) is 0 Å². The summed E-state index contributed by atoms with van der Waals surface area (Å²) in [6.07, 6.45) is -1.88. The quantitative estimate of drug-likeness (QED) is 0.509. The van der Waals surface area contributed by atoms with E-state index in [9.17, 15) is 15.3 Å². The number of anilines is 1. The molecule has 1 fully saturated rings. The Balaban J connectivity index is 2.17. The van der Waals surface area contributed by atoms with E-state index in [-0.39, 0.29) is 5.82 Å². The maximum atomic E-state index is 10.5. The SMILES string of the molecule is CC1(O)C(O)C(CO)OC1n1c(Br)nc2c(N)ncnc21. The van der Waals surface area contributed by atoms with Crippen LogP contribution in [0.3, 0.4) is 0 Å². The first-order chi connectivity index (χ1) is 9.87. The molecule has 4 atom stereocenters. The number of nitrogen functional groups attached to an aromatic ring is 1. The zero-order valence-corrected chi connectivity index (χ0v) is 12.6. The molecule has 3 rings (SSSR count). The Kier molecular flexibility index (Phi) is 3.37. The van der Waals surface area contributed by atoms with E-state index in [1.165, 1.54) is 17.8 Å². The van der Waals surface area contributed by atoms with Crippen molar-refractivity contribution in [2.75, 3.05) is 12.3 Å². The van der Waals surface area contributed by atoms with Crippen LogP contribution in [0.15, 0.2) is 11.1 Å². The molecule has 0 amide bonds. The van der Waals surface area contributed by atoms with Gasteiger partial charge in [0.1, 0.15) is 24.1 Å². The number of imidazole rings is 1. The van der Waals surface area contributed by atoms with Crippen LogP contribution < -0.4 is 5.73 Å². The summed E-state index contributed by atoms with van der Waals surface area (Å²) in [6, 6.07) is 0. The Morgan fingerprint density at radius 3 is 2.86 bits per heavy atom. The van der Waals surface area contributed by atoms with Crippen molar-refractivity contribution in [2.24, 2.45) is 0 Å². The highest BCUT2D eigenvalue weighted by molar-refractivity contribution is 9.10. The van der Waals surface area contributed by atoms with Gasteiger partial charge in [0.15, 0.2) is 27.9 Å². The number of hydrogen-bond donors (Lipinski definition) is 4. The van der Waals surface area contributed by atoms with Crippen LogP contribution in [-0.4, -0.2) is 59.3 Å². The Morgan fingerprint density at radius 1 is 1.52 bits per heavy atom. The summed E-state index contributed by atoms with van der Waals surface area (Å²) in [7, 11) is 0. The van der Waals surface area contributed by atoms with Gasteiger partial charge in [-0.1, -0.05) is 0 Å². The lowest BCUT2D eigenvalue weighted by Crippen LogP contribution is -2.44. The molecule has 3 heterocycles. The lowest BCUT2D eigenvalue weighted by atomic mass is 9.96. The third kappa shape index (κ3) is 2.02. The molecule has 2 aromatic rings. The standard InChI is InChI=1S/C11H14BrN5O4/c1-11(20)6(19)4(2-18)21-9(11)17-8-5(16-10(17)12)7(13)14-3-15-8/h3-4,6,9,18-20H,2H2,1H3,(H2,13,14,15). The van der Waals surface area contributed by atoms with Crippen molar-refractivity contribution in [3.05, 3.63) is 11.1 Å². The van der Waals surface area contributed by atoms with Gasteiger partial charge >= 0.3 is 0 Å². The predicted molar refractivity (Wildman–Crippen MR) is 75.1 cm³/mol. The summed E-state index contributed by atoms with van der Waals surface area (Å²) in [5, 5.41) is 29.8. The molecule has 5 N–H and O–H groups in total.